The van der Waals surface area contributed by atoms with Gasteiger partial charge in [0.2, 0.25) is 0 Å². The molecule has 0 bridgehead atoms. The molecule has 1 saturated heterocycles. The second-order valence-electron chi connectivity index (χ2n) is 6.01. The highest BCUT2D eigenvalue weighted by atomic mass is 16.5. The van der Waals surface area contributed by atoms with Gasteiger partial charge in [-0.05, 0) is 36.2 Å². The molecule has 1 aliphatic rings. The molecule has 0 aromatic heterocycles. The fourth-order valence-corrected chi connectivity index (χ4v) is 3.27. The van der Waals surface area contributed by atoms with Gasteiger partial charge in [-0.3, -0.25) is 0 Å². The number of hydrogen-bond acceptors (Lipinski definition) is 2. The first-order chi connectivity index (χ1) is 11.3. The van der Waals surface area contributed by atoms with Gasteiger partial charge in [0.05, 0.1) is 6.61 Å². The molecule has 1 aliphatic heterocycles. The van der Waals surface area contributed by atoms with Crippen molar-refractivity contribution < 1.29 is 4.74 Å². The topological polar surface area (TPSA) is 21.3 Å². The summed E-state index contributed by atoms with van der Waals surface area (Å²) in [5.41, 5.74) is 3.48. The van der Waals surface area contributed by atoms with Crippen LogP contribution in [0.25, 0.3) is 0 Å². The Bertz CT molecular complexity index is 681. The summed E-state index contributed by atoms with van der Waals surface area (Å²) in [6.07, 6.45) is 1.14. The average Bonchev–Trinajstić information content (AvgIpc) is 2.58. The first-order valence-corrected chi connectivity index (χ1v) is 8.24. The summed E-state index contributed by atoms with van der Waals surface area (Å²) >= 11 is 0. The van der Waals surface area contributed by atoms with E-state index in [9.17, 15) is 0 Å². The summed E-state index contributed by atoms with van der Waals surface area (Å²) < 4.78 is 5.32. The third-order valence-electron chi connectivity index (χ3n) is 4.50. The maximum absolute atomic E-state index is 5.32. The summed E-state index contributed by atoms with van der Waals surface area (Å²) in [6.45, 7) is 2.99. The Balaban J connectivity index is 1.73. The van der Waals surface area contributed by atoms with E-state index >= 15 is 0 Å². The molecule has 23 heavy (non-hydrogen) atoms. The van der Waals surface area contributed by atoms with E-state index < -0.39 is 0 Å². The number of hydrogen-bond donors (Lipinski definition) is 1. The number of methoxy groups -OCH3 is 1. The highest BCUT2D eigenvalue weighted by Gasteiger charge is 2.39. The third-order valence-corrected chi connectivity index (χ3v) is 4.50. The molecule has 0 aliphatic carbocycles. The van der Waals surface area contributed by atoms with Gasteiger partial charge in [0.15, 0.2) is 0 Å². The Morgan fingerprint density at radius 2 is 1.57 bits per heavy atom. The van der Waals surface area contributed by atoms with E-state index in [1.54, 1.807) is 7.11 Å². The van der Waals surface area contributed by atoms with Crippen molar-refractivity contribution in [2.75, 3.05) is 13.7 Å². The summed E-state index contributed by atoms with van der Waals surface area (Å²) in [5.74, 6) is 6.98. The van der Waals surface area contributed by atoms with Gasteiger partial charge in [-0.1, -0.05) is 49.1 Å². The van der Waals surface area contributed by atoms with Crippen molar-refractivity contribution in [1.82, 2.24) is 5.32 Å². The monoisotopic (exact) mass is 305 g/mol. The summed E-state index contributed by atoms with van der Waals surface area (Å²) in [7, 11) is 1.76. The third kappa shape index (κ3) is 3.64. The predicted molar refractivity (Wildman–Crippen MR) is 94.5 cm³/mol. The first-order valence-electron chi connectivity index (χ1n) is 8.24. The van der Waals surface area contributed by atoms with Crippen LogP contribution in [0.15, 0.2) is 54.6 Å². The Kier molecular flexibility index (Phi) is 5.12. The number of benzene rings is 2. The van der Waals surface area contributed by atoms with E-state index in [4.69, 9.17) is 4.74 Å². The lowest BCUT2D eigenvalue weighted by Gasteiger charge is -2.46. The average molecular weight is 305 g/mol. The van der Waals surface area contributed by atoms with Crippen LogP contribution in [-0.2, 0) is 4.74 Å². The molecule has 118 valence electrons. The van der Waals surface area contributed by atoms with E-state index in [0.717, 1.165) is 24.2 Å². The molecule has 3 atom stereocenters. The van der Waals surface area contributed by atoms with Crippen LogP contribution in [0.3, 0.4) is 0 Å². The summed E-state index contributed by atoms with van der Waals surface area (Å²) in [5, 5.41) is 3.59. The van der Waals surface area contributed by atoms with Gasteiger partial charge in [-0.2, -0.15) is 0 Å². The molecule has 1 N–H and O–H groups in total. The predicted octanol–water partition coefficient (Wildman–Crippen LogP) is 3.57. The second kappa shape index (κ2) is 7.46. The molecular formula is C21H23NO. The standard InChI is InChI=1S/C21H23NO/c1-3-19-21(20(22-19)15-23-2)18-13-11-17(12-14-18)10-9-16-7-5-4-6-8-16/h4-8,11-14,19-22H,3,15H2,1-2H3/t19-,20+,21+/m1/s1. The van der Waals surface area contributed by atoms with Crippen molar-refractivity contribution in [3.63, 3.8) is 0 Å². The zero-order valence-corrected chi connectivity index (χ0v) is 13.8. The zero-order valence-electron chi connectivity index (χ0n) is 13.8. The first kappa shape index (κ1) is 15.8. The number of nitrogens with one attached hydrogen (secondary N) is 1. The highest BCUT2D eigenvalue weighted by Crippen LogP contribution is 2.34. The van der Waals surface area contributed by atoms with Gasteiger partial charge in [-0.25, -0.2) is 0 Å². The molecule has 0 amide bonds. The van der Waals surface area contributed by atoms with Gasteiger partial charge in [0, 0.05) is 36.2 Å². The van der Waals surface area contributed by atoms with E-state index in [1.807, 2.05) is 30.3 Å². The number of ether oxygens (including phenoxy) is 1. The summed E-state index contributed by atoms with van der Waals surface area (Å²) in [6, 6.07) is 19.7. The lowest BCUT2D eigenvalue weighted by molar-refractivity contribution is 0.0909. The molecule has 0 saturated carbocycles. The van der Waals surface area contributed by atoms with Crippen molar-refractivity contribution in [1.29, 1.82) is 0 Å². The molecule has 2 heteroatoms. The Morgan fingerprint density at radius 1 is 0.913 bits per heavy atom. The lowest BCUT2D eigenvalue weighted by Crippen LogP contribution is -2.61. The molecule has 0 radical (unpaired) electrons. The van der Waals surface area contributed by atoms with Crippen LogP contribution in [0.2, 0.25) is 0 Å². The molecule has 1 heterocycles. The highest BCUT2D eigenvalue weighted by molar-refractivity contribution is 5.44. The minimum Gasteiger partial charge on any atom is -0.383 e. The van der Waals surface area contributed by atoms with Crippen LogP contribution < -0.4 is 5.32 Å². The van der Waals surface area contributed by atoms with Gasteiger partial charge in [-0.15, -0.1) is 0 Å². The van der Waals surface area contributed by atoms with Crippen LogP contribution in [0, 0.1) is 11.8 Å². The second-order valence-corrected chi connectivity index (χ2v) is 6.01. The van der Waals surface area contributed by atoms with Crippen LogP contribution >= 0.6 is 0 Å². The Hall–Kier alpha value is -2.08. The van der Waals surface area contributed by atoms with Gasteiger partial charge < -0.3 is 10.1 Å². The van der Waals surface area contributed by atoms with E-state index in [1.165, 1.54) is 5.56 Å². The SMILES string of the molecule is CC[C@H]1N[C@@H](COC)[C@H]1c1ccc(C#Cc2ccccc2)cc1. The molecule has 2 aromatic carbocycles. The molecule has 2 nitrogen and oxygen atoms in total. The molecular weight excluding hydrogens is 282 g/mol. The van der Waals surface area contributed by atoms with Crippen LogP contribution in [0.5, 0.6) is 0 Å². The molecule has 0 unspecified atom stereocenters. The van der Waals surface area contributed by atoms with E-state index in [-0.39, 0.29) is 0 Å². The van der Waals surface area contributed by atoms with Crippen molar-refractivity contribution >= 4 is 0 Å². The Morgan fingerprint density at radius 3 is 2.17 bits per heavy atom. The van der Waals surface area contributed by atoms with Crippen LogP contribution in [-0.4, -0.2) is 25.8 Å². The van der Waals surface area contributed by atoms with Gasteiger partial charge >= 0.3 is 0 Å². The molecule has 0 spiro atoms. The smallest absolute Gasteiger partial charge is 0.0622 e. The van der Waals surface area contributed by atoms with Crippen LogP contribution in [0.1, 0.15) is 36.0 Å². The summed E-state index contributed by atoms with van der Waals surface area (Å²) in [4.78, 5) is 0. The van der Waals surface area contributed by atoms with Crippen molar-refractivity contribution in [2.24, 2.45) is 0 Å². The zero-order chi connectivity index (χ0) is 16.1. The fourth-order valence-electron chi connectivity index (χ4n) is 3.27. The number of rotatable bonds is 4. The van der Waals surface area contributed by atoms with Crippen molar-refractivity contribution in [2.45, 2.75) is 31.3 Å². The van der Waals surface area contributed by atoms with E-state index in [2.05, 4.69) is 48.3 Å². The molecule has 1 fully saturated rings. The normalized spacial score (nSPS) is 22.8. The van der Waals surface area contributed by atoms with Gasteiger partial charge in [0.25, 0.3) is 0 Å². The minimum atomic E-state index is 0.422. The van der Waals surface area contributed by atoms with Gasteiger partial charge in [0.1, 0.15) is 0 Å². The molecule has 3 rings (SSSR count). The Labute approximate surface area is 138 Å². The maximum atomic E-state index is 5.32. The minimum absolute atomic E-state index is 0.422. The molecule has 2 aromatic rings. The largest absolute Gasteiger partial charge is 0.383 e. The maximum Gasteiger partial charge on any atom is 0.0622 e. The van der Waals surface area contributed by atoms with Crippen molar-refractivity contribution in [3.8, 4) is 11.8 Å². The van der Waals surface area contributed by atoms with Crippen molar-refractivity contribution in [3.05, 3.63) is 71.3 Å². The van der Waals surface area contributed by atoms with E-state index in [0.29, 0.717) is 18.0 Å². The quantitative estimate of drug-likeness (QED) is 0.872. The van der Waals surface area contributed by atoms with Crippen LogP contribution in [0.4, 0.5) is 0 Å². The fraction of sp³-hybridized carbons (Fsp3) is 0.333. The lowest BCUT2D eigenvalue weighted by atomic mass is 9.76.